The predicted molar refractivity (Wildman–Crippen MR) is 123 cm³/mol. The van der Waals surface area contributed by atoms with Crippen molar-refractivity contribution in [1.29, 1.82) is 0 Å². The van der Waals surface area contributed by atoms with Crippen molar-refractivity contribution in [2.75, 3.05) is 52.5 Å². The van der Waals surface area contributed by atoms with Crippen LogP contribution in [0, 0.1) is 6.92 Å². The standard InChI is InChI=1S/C22H33N5O2S/c1-3-23-22(24-8-7-21-25-16-18(2)30-21)26-17-19-5-4-6-20(15-19)29-14-11-27-9-12-28-13-10-27/h4-6,15-16H,3,7-14,17H2,1-2H3,(H2,23,24,26). The van der Waals surface area contributed by atoms with Crippen molar-refractivity contribution < 1.29 is 9.47 Å². The monoisotopic (exact) mass is 431 g/mol. The Labute approximate surface area is 183 Å². The second-order valence-electron chi connectivity index (χ2n) is 7.19. The van der Waals surface area contributed by atoms with Gasteiger partial charge in [-0.15, -0.1) is 11.3 Å². The summed E-state index contributed by atoms with van der Waals surface area (Å²) in [4.78, 5) is 12.7. The highest BCUT2D eigenvalue weighted by atomic mass is 32.1. The number of aromatic nitrogens is 1. The third-order valence-corrected chi connectivity index (χ3v) is 5.72. The minimum atomic E-state index is 0.604. The SMILES string of the molecule is CCNC(=NCc1cccc(OCCN2CCOCC2)c1)NCCc1ncc(C)s1. The van der Waals surface area contributed by atoms with E-state index in [9.17, 15) is 0 Å². The second kappa shape index (κ2) is 12.5. The van der Waals surface area contributed by atoms with Gasteiger partial charge in [0.25, 0.3) is 0 Å². The molecule has 1 aromatic heterocycles. The summed E-state index contributed by atoms with van der Waals surface area (Å²) in [6.07, 6.45) is 2.82. The predicted octanol–water partition coefficient (Wildman–Crippen LogP) is 2.46. The van der Waals surface area contributed by atoms with Gasteiger partial charge in [-0.25, -0.2) is 9.98 Å². The first-order chi connectivity index (χ1) is 14.7. The molecular weight excluding hydrogens is 398 g/mol. The minimum absolute atomic E-state index is 0.604. The van der Waals surface area contributed by atoms with Gasteiger partial charge in [0.2, 0.25) is 0 Å². The number of ether oxygens (including phenoxy) is 2. The fourth-order valence-corrected chi connectivity index (χ4v) is 3.95. The smallest absolute Gasteiger partial charge is 0.191 e. The number of thiazole rings is 1. The largest absolute Gasteiger partial charge is 0.492 e. The number of guanidine groups is 1. The lowest BCUT2D eigenvalue weighted by Crippen LogP contribution is -2.38. The molecule has 1 aromatic carbocycles. The molecule has 0 amide bonds. The van der Waals surface area contributed by atoms with E-state index in [-0.39, 0.29) is 0 Å². The Hall–Kier alpha value is -2.16. The lowest BCUT2D eigenvalue weighted by Gasteiger charge is -2.26. The number of rotatable bonds is 10. The lowest BCUT2D eigenvalue weighted by molar-refractivity contribution is 0.0322. The summed E-state index contributed by atoms with van der Waals surface area (Å²) in [7, 11) is 0. The zero-order valence-corrected chi connectivity index (χ0v) is 18.8. The molecule has 0 unspecified atom stereocenters. The van der Waals surface area contributed by atoms with Crippen molar-refractivity contribution >= 4 is 17.3 Å². The number of aryl methyl sites for hydroxylation is 1. The van der Waals surface area contributed by atoms with Gasteiger partial charge in [-0.3, -0.25) is 4.90 Å². The molecule has 0 spiro atoms. The van der Waals surface area contributed by atoms with Crippen LogP contribution in [0.5, 0.6) is 5.75 Å². The van der Waals surface area contributed by atoms with Gasteiger partial charge in [0, 0.05) is 50.2 Å². The Balaban J connectivity index is 1.45. The van der Waals surface area contributed by atoms with Gasteiger partial charge < -0.3 is 20.1 Å². The van der Waals surface area contributed by atoms with Crippen molar-refractivity contribution in [3.8, 4) is 5.75 Å². The fourth-order valence-electron chi connectivity index (χ4n) is 3.17. The summed E-state index contributed by atoms with van der Waals surface area (Å²) in [6.45, 7) is 11.6. The van der Waals surface area contributed by atoms with Crippen LogP contribution in [0.2, 0.25) is 0 Å². The quantitative estimate of drug-likeness (QED) is 0.445. The van der Waals surface area contributed by atoms with Gasteiger partial charge in [0.1, 0.15) is 12.4 Å². The molecule has 8 heteroatoms. The van der Waals surface area contributed by atoms with Gasteiger partial charge in [-0.2, -0.15) is 0 Å². The van der Waals surface area contributed by atoms with Crippen LogP contribution >= 0.6 is 11.3 Å². The van der Waals surface area contributed by atoms with E-state index in [1.165, 1.54) is 4.88 Å². The topological polar surface area (TPSA) is 71.0 Å². The number of benzene rings is 1. The molecule has 1 fully saturated rings. The van der Waals surface area contributed by atoms with E-state index in [0.717, 1.165) is 74.6 Å². The molecule has 1 aliphatic rings. The van der Waals surface area contributed by atoms with Crippen LogP contribution in [0.3, 0.4) is 0 Å². The van der Waals surface area contributed by atoms with Gasteiger partial charge in [-0.1, -0.05) is 12.1 Å². The molecule has 164 valence electrons. The third-order valence-electron chi connectivity index (χ3n) is 4.74. The average Bonchev–Trinajstić information content (AvgIpc) is 3.18. The van der Waals surface area contributed by atoms with Crippen molar-refractivity contribution in [3.05, 3.63) is 45.9 Å². The Kier molecular flexibility index (Phi) is 9.40. The number of hydrogen-bond acceptors (Lipinski definition) is 6. The van der Waals surface area contributed by atoms with Crippen molar-refractivity contribution in [2.24, 2.45) is 4.99 Å². The third kappa shape index (κ3) is 7.93. The van der Waals surface area contributed by atoms with Crippen LogP contribution in [-0.4, -0.2) is 68.4 Å². The number of hydrogen-bond donors (Lipinski definition) is 2. The molecule has 3 rings (SSSR count). The summed E-state index contributed by atoms with van der Waals surface area (Å²) >= 11 is 1.75. The molecule has 1 saturated heterocycles. The number of morpholine rings is 1. The van der Waals surface area contributed by atoms with Crippen LogP contribution in [-0.2, 0) is 17.7 Å². The highest BCUT2D eigenvalue weighted by Gasteiger charge is 2.09. The average molecular weight is 432 g/mol. The van der Waals surface area contributed by atoms with Crippen molar-refractivity contribution in [1.82, 2.24) is 20.5 Å². The molecule has 0 bridgehead atoms. The zero-order chi connectivity index (χ0) is 21.0. The van der Waals surface area contributed by atoms with Gasteiger partial charge in [0.05, 0.1) is 24.8 Å². The molecule has 0 radical (unpaired) electrons. The molecule has 0 saturated carbocycles. The van der Waals surface area contributed by atoms with Crippen molar-refractivity contribution in [2.45, 2.75) is 26.8 Å². The molecule has 0 aliphatic carbocycles. The number of nitrogens with zero attached hydrogens (tertiary/aromatic N) is 3. The van der Waals surface area contributed by atoms with Crippen LogP contribution in [0.25, 0.3) is 0 Å². The molecule has 2 aromatic rings. The molecule has 2 N–H and O–H groups in total. The Morgan fingerprint density at radius 1 is 1.30 bits per heavy atom. The Morgan fingerprint density at radius 2 is 2.17 bits per heavy atom. The first-order valence-electron chi connectivity index (χ1n) is 10.7. The molecule has 1 aliphatic heterocycles. The number of aliphatic imine (C=N–C) groups is 1. The summed E-state index contributed by atoms with van der Waals surface area (Å²) in [5.74, 6) is 1.72. The zero-order valence-electron chi connectivity index (χ0n) is 18.0. The van der Waals surface area contributed by atoms with Crippen LogP contribution in [0.15, 0.2) is 35.5 Å². The maximum atomic E-state index is 5.95. The molecule has 0 atom stereocenters. The maximum Gasteiger partial charge on any atom is 0.191 e. The van der Waals surface area contributed by atoms with E-state index in [4.69, 9.17) is 14.5 Å². The van der Waals surface area contributed by atoms with Crippen LogP contribution in [0.4, 0.5) is 0 Å². The summed E-state index contributed by atoms with van der Waals surface area (Å²) in [6, 6.07) is 8.19. The first kappa shape index (κ1) is 22.5. The molecule has 2 heterocycles. The van der Waals surface area contributed by atoms with Crippen LogP contribution < -0.4 is 15.4 Å². The normalized spacial score (nSPS) is 15.2. The van der Waals surface area contributed by atoms with E-state index in [0.29, 0.717) is 13.2 Å². The minimum Gasteiger partial charge on any atom is -0.492 e. The highest BCUT2D eigenvalue weighted by Crippen LogP contribution is 2.14. The van der Waals surface area contributed by atoms with E-state index in [1.807, 2.05) is 18.3 Å². The second-order valence-corrected chi connectivity index (χ2v) is 8.51. The van der Waals surface area contributed by atoms with Gasteiger partial charge in [-0.05, 0) is 31.5 Å². The highest BCUT2D eigenvalue weighted by molar-refractivity contribution is 7.11. The summed E-state index contributed by atoms with van der Waals surface area (Å²) in [5.41, 5.74) is 1.13. The molecule has 7 nitrogen and oxygen atoms in total. The van der Waals surface area contributed by atoms with Gasteiger partial charge in [0.15, 0.2) is 5.96 Å². The summed E-state index contributed by atoms with van der Waals surface area (Å²) < 4.78 is 11.3. The Bertz CT molecular complexity index is 789. The fraction of sp³-hybridized carbons (Fsp3) is 0.545. The van der Waals surface area contributed by atoms with E-state index < -0.39 is 0 Å². The Morgan fingerprint density at radius 3 is 2.93 bits per heavy atom. The lowest BCUT2D eigenvalue weighted by atomic mass is 10.2. The van der Waals surface area contributed by atoms with Crippen molar-refractivity contribution in [3.63, 3.8) is 0 Å². The first-order valence-corrected chi connectivity index (χ1v) is 11.5. The molecular formula is C22H33N5O2S. The van der Waals surface area contributed by atoms with Crippen LogP contribution in [0.1, 0.15) is 22.4 Å². The summed E-state index contributed by atoms with van der Waals surface area (Å²) in [5, 5.41) is 7.85. The van der Waals surface area contributed by atoms with E-state index in [1.54, 1.807) is 11.3 Å². The van der Waals surface area contributed by atoms with E-state index in [2.05, 4.69) is 46.5 Å². The molecule has 30 heavy (non-hydrogen) atoms. The maximum absolute atomic E-state index is 5.95. The number of nitrogens with one attached hydrogen (secondary N) is 2. The van der Waals surface area contributed by atoms with E-state index >= 15 is 0 Å². The van der Waals surface area contributed by atoms with Gasteiger partial charge >= 0.3 is 0 Å².